The molecule has 1 amide bonds. The van der Waals surface area contributed by atoms with E-state index in [1.165, 1.54) is 5.01 Å². The lowest BCUT2D eigenvalue weighted by Gasteiger charge is -2.18. The Morgan fingerprint density at radius 2 is 1.86 bits per heavy atom. The zero-order valence-corrected chi connectivity index (χ0v) is 8.47. The Hall–Kier alpha value is -1.39. The number of anilines is 1. The second kappa shape index (κ2) is 4.74. The van der Waals surface area contributed by atoms with Crippen LogP contribution in [0.2, 0.25) is 0 Å². The minimum Gasteiger partial charge on any atom is -0.301 e. The second-order valence-corrected chi connectivity index (χ2v) is 3.34. The number of para-hydroxylation sites is 1. The van der Waals surface area contributed by atoms with Gasteiger partial charge in [0.2, 0.25) is 0 Å². The molecule has 1 aromatic rings. The van der Waals surface area contributed by atoms with Crippen molar-refractivity contribution in [1.82, 2.24) is 4.90 Å². The molecule has 0 aliphatic rings. The van der Waals surface area contributed by atoms with Gasteiger partial charge >= 0.3 is 0 Å². The first-order valence-corrected chi connectivity index (χ1v) is 4.38. The highest BCUT2D eigenvalue weighted by atomic mass is 16.2. The molecule has 0 atom stereocenters. The summed E-state index contributed by atoms with van der Waals surface area (Å²) in [6.45, 7) is 0.311. The van der Waals surface area contributed by atoms with Gasteiger partial charge in [-0.15, -0.1) is 0 Å². The van der Waals surface area contributed by atoms with Crippen LogP contribution >= 0.6 is 0 Å². The molecular formula is C10H15N3O. The van der Waals surface area contributed by atoms with E-state index in [-0.39, 0.29) is 5.91 Å². The van der Waals surface area contributed by atoms with Crippen molar-refractivity contribution in [3.05, 3.63) is 30.3 Å². The number of carbonyl (C=O) groups excluding carboxylic acids is 1. The summed E-state index contributed by atoms with van der Waals surface area (Å²) in [5.41, 5.74) is 0.708. The molecule has 0 aliphatic carbocycles. The quantitative estimate of drug-likeness (QED) is 0.431. The number of amides is 1. The number of hydrazine groups is 1. The summed E-state index contributed by atoms with van der Waals surface area (Å²) in [5.74, 6) is 5.52. The molecule has 4 heteroatoms. The third-order valence-corrected chi connectivity index (χ3v) is 1.75. The first-order chi connectivity index (χ1) is 6.61. The minimum absolute atomic E-state index is 0.124. The lowest BCUT2D eigenvalue weighted by molar-refractivity contribution is -0.119. The maximum absolute atomic E-state index is 11.5. The highest BCUT2D eigenvalue weighted by Gasteiger charge is 2.11. The van der Waals surface area contributed by atoms with Gasteiger partial charge in [-0.1, -0.05) is 18.2 Å². The molecule has 4 nitrogen and oxygen atoms in total. The summed E-state index contributed by atoms with van der Waals surface area (Å²) in [6, 6.07) is 9.17. The van der Waals surface area contributed by atoms with Gasteiger partial charge in [-0.2, -0.15) is 0 Å². The van der Waals surface area contributed by atoms with Crippen molar-refractivity contribution in [2.75, 3.05) is 25.6 Å². The standard InChI is InChI=1S/C10H15N3O/c1-12(2)8-10(14)13(11)9-6-4-3-5-7-9/h3-7H,8,11H2,1-2H3. The summed E-state index contributed by atoms with van der Waals surface area (Å²) in [5, 5.41) is 1.17. The molecule has 0 radical (unpaired) electrons. The molecule has 0 heterocycles. The monoisotopic (exact) mass is 193 g/mol. The first kappa shape index (κ1) is 10.7. The van der Waals surface area contributed by atoms with Crippen LogP contribution in [0.1, 0.15) is 0 Å². The number of likely N-dealkylation sites (N-methyl/N-ethyl adjacent to an activating group) is 1. The molecule has 0 bridgehead atoms. The van der Waals surface area contributed by atoms with E-state index in [0.717, 1.165) is 0 Å². The number of nitrogens with two attached hydrogens (primary N) is 1. The van der Waals surface area contributed by atoms with Crippen molar-refractivity contribution >= 4 is 11.6 Å². The largest absolute Gasteiger partial charge is 0.301 e. The third kappa shape index (κ3) is 2.83. The zero-order valence-electron chi connectivity index (χ0n) is 8.47. The van der Waals surface area contributed by atoms with Crippen LogP contribution in [-0.2, 0) is 4.79 Å². The van der Waals surface area contributed by atoms with Crippen molar-refractivity contribution in [2.24, 2.45) is 5.84 Å². The van der Waals surface area contributed by atoms with E-state index in [2.05, 4.69) is 0 Å². The lowest BCUT2D eigenvalue weighted by atomic mass is 10.3. The van der Waals surface area contributed by atoms with E-state index in [1.54, 1.807) is 17.0 Å². The summed E-state index contributed by atoms with van der Waals surface area (Å²) in [6.07, 6.45) is 0. The SMILES string of the molecule is CN(C)CC(=O)N(N)c1ccccc1. The Labute approximate surface area is 83.9 Å². The number of hydrogen-bond donors (Lipinski definition) is 1. The smallest absolute Gasteiger partial charge is 0.255 e. The fraction of sp³-hybridized carbons (Fsp3) is 0.300. The summed E-state index contributed by atoms with van der Waals surface area (Å²) >= 11 is 0. The van der Waals surface area contributed by atoms with Crippen molar-refractivity contribution in [3.8, 4) is 0 Å². The van der Waals surface area contributed by atoms with Gasteiger partial charge in [-0.25, -0.2) is 10.9 Å². The average Bonchev–Trinajstić information content (AvgIpc) is 2.17. The van der Waals surface area contributed by atoms with Gasteiger partial charge in [0.1, 0.15) is 0 Å². The van der Waals surface area contributed by atoms with Crippen LogP contribution in [0.5, 0.6) is 0 Å². The highest BCUT2D eigenvalue weighted by Crippen LogP contribution is 2.09. The number of benzene rings is 1. The van der Waals surface area contributed by atoms with Crippen LogP contribution in [0.4, 0.5) is 5.69 Å². The van der Waals surface area contributed by atoms with Crippen molar-refractivity contribution < 1.29 is 4.79 Å². The Bertz CT molecular complexity index is 297. The molecule has 1 aromatic carbocycles. The van der Waals surface area contributed by atoms with Gasteiger partial charge in [0.15, 0.2) is 0 Å². The number of hydrogen-bond acceptors (Lipinski definition) is 3. The normalized spacial score (nSPS) is 10.3. The van der Waals surface area contributed by atoms with Crippen molar-refractivity contribution in [2.45, 2.75) is 0 Å². The van der Waals surface area contributed by atoms with E-state index in [1.807, 2.05) is 32.3 Å². The molecule has 0 aliphatic heterocycles. The first-order valence-electron chi connectivity index (χ1n) is 4.38. The molecule has 0 spiro atoms. The molecule has 0 fully saturated rings. The Kier molecular flexibility index (Phi) is 3.62. The number of rotatable bonds is 3. The van der Waals surface area contributed by atoms with Gasteiger partial charge in [0.05, 0.1) is 12.2 Å². The Morgan fingerprint density at radius 3 is 2.36 bits per heavy atom. The fourth-order valence-electron chi connectivity index (χ4n) is 1.08. The molecule has 2 N–H and O–H groups in total. The topological polar surface area (TPSA) is 49.6 Å². The Balaban J connectivity index is 2.66. The lowest BCUT2D eigenvalue weighted by Crippen LogP contribution is -2.42. The zero-order chi connectivity index (χ0) is 10.6. The molecule has 76 valence electrons. The Morgan fingerprint density at radius 1 is 1.29 bits per heavy atom. The maximum atomic E-state index is 11.5. The van der Waals surface area contributed by atoms with Crippen molar-refractivity contribution in [1.29, 1.82) is 0 Å². The minimum atomic E-state index is -0.124. The molecular weight excluding hydrogens is 178 g/mol. The average molecular weight is 193 g/mol. The number of carbonyl (C=O) groups is 1. The van der Waals surface area contributed by atoms with E-state index in [4.69, 9.17) is 5.84 Å². The van der Waals surface area contributed by atoms with E-state index in [9.17, 15) is 4.79 Å². The van der Waals surface area contributed by atoms with Crippen LogP contribution in [0, 0.1) is 0 Å². The van der Waals surface area contributed by atoms with Gasteiger partial charge in [0.25, 0.3) is 5.91 Å². The molecule has 0 aromatic heterocycles. The van der Waals surface area contributed by atoms with Crippen LogP contribution in [0.15, 0.2) is 30.3 Å². The van der Waals surface area contributed by atoms with E-state index in [0.29, 0.717) is 12.2 Å². The summed E-state index contributed by atoms with van der Waals surface area (Å²) in [7, 11) is 3.66. The molecule has 0 saturated carbocycles. The third-order valence-electron chi connectivity index (χ3n) is 1.75. The van der Waals surface area contributed by atoms with E-state index < -0.39 is 0 Å². The molecule has 14 heavy (non-hydrogen) atoms. The van der Waals surface area contributed by atoms with Gasteiger partial charge < -0.3 is 4.90 Å². The summed E-state index contributed by atoms with van der Waals surface area (Å²) in [4.78, 5) is 13.3. The van der Waals surface area contributed by atoms with Crippen molar-refractivity contribution in [3.63, 3.8) is 0 Å². The second-order valence-electron chi connectivity index (χ2n) is 3.34. The van der Waals surface area contributed by atoms with Gasteiger partial charge in [-0.3, -0.25) is 4.79 Å². The predicted molar refractivity (Wildman–Crippen MR) is 56.7 cm³/mol. The maximum Gasteiger partial charge on any atom is 0.255 e. The number of nitrogens with zero attached hydrogens (tertiary/aromatic N) is 2. The van der Waals surface area contributed by atoms with Gasteiger partial charge in [0, 0.05) is 0 Å². The molecule has 0 unspecified atom stereocenters. The molecule has 0 saturated heterocycles. The van der Waals surface area contributed by atoms with Crippen LogP contribution < -0.4 is 10.9 Å². The molecule has 1 rings (SSSR count). The predicted octanol–water partition coefficient (Wildman–Crippen LogP) is 0.455. The van der Waals surface area contributed by atoms with Crippen LogP contribution in [0.25, 0.3) is 0 Å². The summed E-state index contributed by atoms with van der Waals surface area (Å²) < 4.78 is 0. The van der Waals surface area contributed by atoms with E-state index >= 15 is 0 Å². The van der Waals surface area contributed by atoms with Crippen LogP contribution in [0.3, 0.4) is 0 Å². The fourth-order valence-corrected chi connectivity index (χ4v) is 1.08. The van der Waals surface area contributed by atoms with Gasteiger partial charge in [-0.05, 0) is 26.2 Å². The highest BCUT2D eigenvalue weighted by molar-refractivity contribution is 5.93. The van der Waals surface area contributed by atoms with Crippen LogP contribution in [-0.4, -0.2) is 31.4 Å².